The molecule has 198 valence electrons. The Balaban J connectivity index is 1.29. The van der Waals surface area contributed by atoms with Crippen molar-refractivity contribution in [3.63, 3.8) is 0 Å². The summed E-state index contributed by atoms with van der Waals surface area (Å²) >= 11 is 0. The Morgan fingerprint density at radius 3 is 2.49 bits per heavy atom. The summed E-state index contributed by atoms with van der Waals surface area (Å²) in [6.07, 6.45) is 4.63. The number of aromatic nitrogens is 1. The lowest BCUT2D eigenvalue weighted by Crippen LogP contribution is -2.47. The van der Waals surface area contributed by atoms with Gasteiger partial charge >= 0.3 is 6.09 Å². The van der Waals surface area contributed by atoms with E-state index in [1.807, 2.05) is 26.8 Å². The number of hydrogen-bond donors (Lipinski definition) is 3. The summed E-state index contributed by atoms with van der Waals surface area (Å²) < 4.78 is 11.6. The van der Waals surface area contributed by atoms with Crippen molar-refractivity contribution in [2.45, 2.75) is 70.6 Å². The van der Waals surface area contributed by atoms with Gasteiger partial charge in [-0.15, -0.1) is 0 Å². The first-order chi connectivity index (χ1) is 17.6. The first-order valence-corrected chi connectivity index (χ1v) is 12.6. The van der Waals surface area contributed by atoms with Crippen LogP contribution in [-0.2, 0) is 17.6 Å². The van der Waals surface area contributed by atoms with Crippen LogP contribution in [0.3, 0.4) is 0 Å². The highest BCUT2D eigenvalue weighted by molar-refractivity contribution is 5.93. The molecule has 0 bridgehead atoms. The van der Waals surface area contributed by atoms with E-state index in [4.69, 9.17) is 14.7 Å². The molecule has 1 aromatic carbocycles. The highest BCUT2D eigenvalue weighted by Crippen LogP contribution is 2.26. The number of carbonyl (C=O) groups is 3. The predicted molar refractivity (Wildman–Crippen MR) is 135 cm³/mol. The molecular formula is C27H34N4O6. The Hall–Kier alpha value is -3.66. The van der Waals surface area contributed by atoms with Gasteiger partial charge in [0.15, 0.2) is 0 Å². The van der Waals surface area contributed by atoms with Crippen LogP contribution in [0.2, 0.25) is 0 Å². The number of fused-ring (bicyclic) bond motifs is 1. The van der Waals surface area contributed by atoms with E-state index in [1.54, 1.807) is 40.8 Å². The van der Waals surface area contributed by atoms with Gasteiger partial charge in [0.25, 0.3) is 11.8 Å². The number of ether oxygens (including phenoxy) is 2. The number of rotatable bonds is 5. The van der Waals surface area contributed by atoms with E-state index in [2.05, 4.69) is 10.3 Å². The van der Waals surface area contributed by atoms with E-state index in [0.717, 1.165) is 24.0 Å². The molecular weight excluding hydrogens is 476 g/mol. The maximum absolute atomic E-state index is 12.9. The number of pyridine rings is 1. The molecule has 1 aliphatic carbocycles. The van der Waals surface area contributed by atoms with Crippen molar-refractivity contribution < 1.29 is 29.1 Å². The normalized spacial score (nSPS) is 17.9. The number of likely N-dealkylation sites (tertiary alicyclic amines) is 1. The standard InChI is InChI=1S/C27H34N4O6/c1-27(2,3)37-26(34)31-12-9-20(10-13-31)29-25(33)23-16-22(8-11-28-23)36-21-7-6-17-14-19(24(32)30-35)5-4-18(17)15-21/h4-5,8,11,14,16,20-21,35H,6-7,9-10,12-13,15H2,1-3H3,(H,29,33)(H,30,32). The van der Waals surface area contributed by atoms with Crippen LogP contribution in [0.5, 0.6) is 5.75 Å². The number of amides is 3. The molecule has 2 heterocycles. The quantitative estimate of drug-likeness (QED) is 0.416. The number of nitrogens with zero attached hydrogens (tertiary/aromatic N) is 2. The van der Waals surface area contributed by atoms with E-state index in [9.17, 15) is 14.4 Å². The Kier molecular flexibility index (Phi) is 7.97. The van der Waals surface area contributed by atoms with Crippen LogP contribution in [0, 0.1) is 0 Å². The fraction of sp³-hybridized carbons (Fsp3) is 0.481. The molecule has 1 saturated heterocycles. The Morgan fingerprint density at radius 2 is 1.78 bits per heavy atom. The van der Waals surface area contributed by atoms with Crippen molar-refractivity contribution in [2.24, 2.45) is 0 Å². The molecule has 0 spiro atoms. The molecule has 3 amide bonds. The molecule has 1 unspecified atom stereocenters. The fourth-order valence-corrected chi connectivity index (χ4v) is 4.62. The van der Waals surface area contributed by atoms with Crippen LogP contribution in [-0.4, -0.2) is 63.8 Å². The van der Waals surface area contributed by atoms with Crippen LogP contribution in [0.25, 0.3) is 0 Å². The zero-order valence-electron chi connectivity index (χ0n) is 21.5. The third-order valence-corrected chi connectivity index (χ3v) is 6.50. The molecule has 1 aliphatic heterocycles. The van der Waals surface area contributed by atoms with Gasteiger partial charge in [0.1, 0.15) is 23.1 Å². The van der Waals surface area contributed by atoms with Crippen LogP contribution in [0.1, 0.15) is 72.0 Å². The lowest BCUT2D eigenvalue weighted by molar-refractivity contribution is 0.0199. The van der Waals surface area contributed by atoms with Crippen LogP contribution in [0.15, 0.2) is 36.5 Å². The minimum Gasteiger partial charge on any atom is -0.490 e. The van der Waals surface area contributed by atoms with E-state index in [0.29, 0.717) is 43.7 Å². The summed E-state index contributed by atoms with van der Waals surface area (Å²) in [7, 11) is 0. The smallest absolute Gasteiger partial charge is 0.410 e. The minimum atomic E-state index is -0.538. The van der Waals surface area contributed by atoms with Crippen molar-refractivity contribution in [3.8, 4) is 5.75 Å². The molecule has 1 atom stereocenters. The van der Waals surface area contributed by atoms with E-state index in [-0.39, 0.29) is 29.8 Å². The van der Waals surface area contributed by atoms with E-state index in [1.165, 1.54) is 0 Å². The van der Waals surface area contributed by atoms with Gasteiger partial charge in [-0.1, -0.05) is 6.07 Å². The summed E-state index contributed by atoms with van der Waals surface area (Å²) in [5.74, 6) is -0.230. The number of hydroxylamine groups is 1. The average Bonchev–Trinajstić information content (AvgIpc) is 2.87. The Labute approximate surface area is 216 Å². The first kappa shape index (κ1) is 26.4. The third kappa shape index (κ3) is 6.97. The molecule has 1 fully saturated rings. The molecule has 2 aliphatic rings. The Morgan fingerprint density at radius 1 is 1.03 bits per heavy atom. The highest BCUT2D eigenvalue weighted by Gasteiger charge is 2.28. The van der Waals surface area contributed by atoms with Gasteiger partial charge in [-0.25, -0.2) is 10.3 Å². The lowest BCUT2D eigenvalue weighted by Gasteiger charge is -2.33. The monoisotopic (exact) mass is 510 g/mol. The molecule has 37 heavy (non-hydrogen) atoms. The summed E-state index contributed by atoms with van der Waals surface area (Å²) in [6.45, 7) is 6.56. The second-order valence-corrected chi connectivity index (χ2v) is 10.5. The SMILES string of the molecule is CC(C)(C)OC(=O)N1CCC(NC(=O)c2cc(OC3CCc4cc(C(=O)NO)ccc4C3)ccn2)CC1. The topological polar surface area (TPSA) is 130 Å². The number of hydrogen-bond acceptors (Lipinski definition) is 7. The van der Waals surface area contributed by atoms with Crippen LogP contribution in [0.4, 0.5) is 4.79 Å². The van der Waals surface area contributed by atoms with Gasteiger partial charge in [0, 0.05) is 43.4 Å². The molecule has 10 nitrogen and oxygen atoms in total. The summed E-state index contributed by atoms with van der Waals surface area (Å²) in [5.41, 5.74) is 3.98. The summed E-state index contributed by atoms with van der Waals surface area (Å²) in [4.78, 5) is 42.7. The number of nitrogens with one attached hydrogen (secondary N) is 2. The zero-order valence-corrected chi connectivity index (χ0v) is 21.5. The van der Waals surface area contributed by atoms with E-state index < -0.39 is 11.5 Å². The molecule has 0 saturated carbocycles. The number of aryl methyl sites for hydroxylation is 1. The van der Waals surface area contributed by atoms with Crippen molar-refractivity contribution in [1.29, 1.82) is 0 Å². The first-order valence-electron chi connectivity index (χ1n) is 12.6. The van der Waals surface area contributed by atoms with Crippen molar-refractivity contribution in [2.75, 3.05) is 13.1 Å². The molecule has 1 aromatic heterocycles. The predicted octanol–water partition coefficient (Wildman–Crippen LogP) is 3.27. The van der Waals surface area contributed by atoms with Gasteiger partial charge in [0.05, 0.1) is 0 Å². The number of carbonyl (C=O) groups excluding carboxylic acids is 3. The van der Waals surface area contributed by atoms with Crippen molar-refractivity contribution in [1.82, 2.24) is 20.7 Å². The van der Waals surface area contributed by atoms with Gasteiger partial charge in [-0.2, -0.15) is 0 Å². The fourth-order valence-electron chi connectivity index (χ4n) is 4.62. The summed E-state index contributed by atoms with van der Waals surface area (Å²) in [5, 5.41) is 11.9. The van der Waals surface area contributed by atoms with E-state index >= 15 is 0 Å². The van der Waals surface area contributed by atoms with Gasteiger partial charge in [-0.3, -0.25) is 19.8 Å². The maximum atomic E-state index is 12.9. The number of piperidine rings is 1. The molecule has 3 N–H and O–H groups in total. The molecule has 0 radical (unpaired) electrons. The lowest BCUT2D eigenvalue weighted by atomic mass is 9.88. The van der Waals surface area contributed by atoms with Crippen molar-refractivity contribution >= 4 is 17.9 Å². The zero-order chi connectivity index (χ0) is 26.6. The molecule has 4 rings (SSSR count). The minimum absolute atomic E-state index is 0.0507. The second kappa shape index (κ2) is 11.2. The van der Waals surface area contributed by atoms with Gasteiger partial charge < -0.3 is 19.7 Å². The maximum Gasteiger partial charge on any atom is 0.410 e. The molecule has 10 heteroatoms. The van der Waals surface area contributed by atoms with Crippen LogP contribution >= 0.6 is 0 Å². The van der Waals surface area contributed by atoms with Gasteiger partial charge in [0.2, 0.25) is 0 Å². The van der Waals surface area contributed by atoms with Crippen molar-refractivity contribution in [3.05, 3.63) is 58.9 Å². The highest BCUT2D eigenvalue weighted by atomic mass is 16.6. The second-order valence-electron chi connectivity index (χ2n) is 10.5. The Bertz CT molecular complexity index is 1150. The summed E-state index contributed by atoms with van der Waals surface area (Å²) in [6, 6.07) is 8.69. The van der Waals surface area contributed by atoms with Crippen LogP contribution < -0.4 is 15.5 Å². The average molecular weight is 511 g/mol. The largest absolute Gasteiger partial charge is 0.490 e. The van der Waals surface area contributed by atoms with Gasteiger partial charge in [-0.05, 0) is 75.8 Å². The molecule has 2 aromatic rings. The number of benzene rings is 1. The third-order valence-electron chi connectivity index (χ3n) is 6.50.